The van der Waals surface area contributed by atoms with E-state index in [0.717, 1.165) is 12.8 Å². The first kappa shape index (κ1) is 34.4. The Labute approximate surface area is 206 Å². The number of halogens is 6. The number of alkyl halides is 6. The molecule has 2 fully saturated rings. The van der Waals surface area contributed by atoms with Gasteiger partial charge in [0, 0.05) is 12.1 Å². The van der Waals surface area contributed by atoms with Gasteiger partial charge in [0.1, 0.15) is 0 Å². The zero-order valence-electron chi connectivity index (χ0n) is 20.0. The third-order valence-corrected chi connectivity index (χ3v) is 6.37. The molecule has 0 radical (unpaired) electrons. The second-order valence-corrected chi connectivity index (χ2v) is 9.39. The molecule has 0 saturated heterocycles. The number of hydrogen-bond acceptors (Lipinski definition) is 6. The van der Waals surface area contributed by atoms with E-state index in [-0.39, 0.29) is 12.1 Å². The van der Waals surface area contributed by atoms with Crippen molar-refractivity contribution in [2.45, 2.75) is 114 Å². The second-order valence-electron chi connectivity index (χ2n) is 9.39. The lowest BCUT2D eigenvalue weighted by atomic mass is 9.80. The molecule has 0 aromatic rings. The Morgan fingerprint density at radius 3 is 1.06 bits per heavy atom. The Bertz CT molecular complexity index is 583. The predicted octanol–water partition coefficient (Wildman–Crippen LogP) is 3.57. The highest BCUT2D eigenvalue weighted by Crippen LogP contribution is 2.30. The minimum Gasteiger partial charge on any atom is -0.475 e. The fraction of sp³-hybridized carbons (Fsp3) is 0.909. The van der Waals surface area contributed by atoms with E-state index in [1.165, 1.54) is 64.2 Å². The number of nitrogens with two attached hydrogens (primary N) is 2. The summed E-state index contributed by atoms with van der Waals surface area (Å²) >= 11 is 0. The van der Waals surface area contributed by atoms with Crippen LogP contribution in [0.4, 0.5) is 26.3 Å². The standard InChI is InChI=1S/C18H36N2O2.2C2HF3O2/c19-15(11-13-7-3-1-4-8-13)17(21)18(22)16(20)12-14-9-5-2-6-10-14;2*3-2(4,5)1(6)7/h13-18,21-22H,1-12,19-20H2;2*(H,6,7)/t15-,16-,17-,18-;;/m0../s1. The molecular weight excluding hydrogens is 502 g/mol. The normalized spacial score (nSPS) is 21.1. The topological polar surface area (TPSA) is 167 Å². The van der Waals surface area contributed by atoms with Crippen LogP contribution < -0.4 is 11.5 Å². The average molecular weight is 541 g/mol. The number of carbonyl (C=O) groups is 2. The van der Waals surface area contributed by atoms with Crippen molar-refractivity contribution in [3.05, 3.63) is 0 Å². The van der Waals surface area contributed by atoms with Crippen molar-refractivity contribution in [3.63, 3.8) is 0 Å². The molecule has 0 bridgehead atoms. The van der Waals surface area contributed by atoms with Crippen molar-refractivity contribution in [2.24, 2.45) is 23.3 Å². The zero-order valence-corrected chi connectivity index (χ0v) is 20.0. The molecule has 8 nitrogen and oxygen atoms in total. The van der Waals surface area contributed by atoms with Gasteiger partial charge in [0.2, 0.25) is 0 Å². The molecule has 0 heterocycles. The monoisotopic (exact) mass is 540 g/mol. The van der Waals surface area contributed by atoms with Crippen LogP contribution in [-0.2, 0) is 9.59 Å². The molecule has 36 heavy (non-hydrogen) atoms. The van der Waals surface area contributed by atoms with E-state index in [9.17, 15) is 36.6 Å². The van der Waals surface area contributed by atoms with E-state index in [2.05, 4.69) is 0 Å². The molecular formula is C22H38F6N2O6. The van der Waals surface area contributed by atoms with Gasteiger partial charge < -0.3 is 31.9 Å². The first-order valence-electron chi connectivity index (χ1n) is 11.9. The van der Waals surface area contributed by atoms with Crippen LogP contribution in [0.5, 0.6) is 0 Å². The molecule has 0 amide bonds. The van der Waals surface area contributed by atoms with Crippen molar-refractivity contribution >= 4 is 11.9 Å². The highest BCUT2D eigenvalue weighted by molar-refractivity contribution is 5.73. The van der Waals surface area contributed by atoms with Crippen LogP contribution in [-0.4, -0.2) is 69.0 Å². The molecule has 2 saturated carbocycles. The predicted molar refractivity (Wildman–Crippen MR) is 118 cm³/mol. The first-order chi connectivity index (χ1) is 16.5. The van der Waals surface area contributed by atoms with Crippen LogP contribution in [0.15, 0.2) is 0 Å². The molecule has 0 spiro atoms. The smallest absolute Gasteiger partial charge is 0.475 e. The van der Waals surface area contributed by atoms with Gasteiger partial charge in [0.05, 0.1) is 12.2 Å². The van der Waals surface area contributed by atoms with E-state index in [0.29, 0.717) is 11.8 Å². The van der Waals surface area contributed by atoms with Crippen LogP contribution >= 0.6 is 0 Å². The van der Waals surface area contributed by atoms with Gasteiger partial charge >= 0.3 is 24.3 Å². The molecule has 2 aliphatic carbocycles. The molecule has 4 atom stereocenters. The molecule has 0 unspecified atom stereocenters. The molecule has 2 aliphatic rings. The average Bonchev–Trinajstić information content (AvgIpc) is 2.79. The summed E-state index contributed by atoms with van der Waals surface area (Å²) < 4.78 is 63.5. The largest absolute Gasteiger partial charge is 0.490 e. The molecule has 8 N–H and O–H groups in total. The van der Waals surface area contributed by atoms with Crippen molar-refractivity contribution in [1.82, 2.24) is 0 Å². The van der Waals surface area contributed by atoms with E-state index >= 15 is 0 Å². The van der Waals surface area contributed by atoms with Crippen molar-refractivity contribution < 1.29 is 56.4 Å². The fourth-order valence-electron chi connectivity index (χ4n) is 4.40. The number of aliphatic hydroxyl groups is 2. The summed E-state index contributed by atoms with van der Waals surface area (Å²) in [5.41, 5.74) is 12.3. The number of carboxylic acid groups (broad SMARTS) is 2. The first-order valence-corrected chi connectivity index (χ1v) is 11.9. The zero-order chi connectivity index (χ0) is 28.1. The molecule has 214 valence electrons. The lowest BCUT2D eigenvalue weighted by Gasteiger charge is -2.33. The van der Waals surface area contributed by atoms with Gasteiger partial charge in [-0.1, -0.05) is 64.2 Å². The van der Waals surface area contributed by atoms with Crippen LogP contribution in [0.3, 0.4) is 0 Å². The van der Waals surface area contributed by atoms with Gasteiger partial charge in [0.15, 0.2) is 0 Å². The quantitative estimate of drug-likeness (QED) is 0.267. The Morgan fingerprint density at radius 1 is 0.639 bits per heavy atom. The number of hydrogen-bond donors (Lipinski definition) is 6. The lowest BCUT2D eigenvalue weighted by Crippen LogP contribution is -2.52. The maximum Gasteiger partial charge on any atom is 0.490 e. The number of aliphatic hydroxyl groups excluding tert-OH is 2. The summed E-state index contributed by atoms with van der Waals surface area (Å²) in [4.78, 5) is 17.8. The van der Waals surface area contributed by atoms with E-state index in [4.69, 9.17) is 31.3 Å². The number of aliphatic carboxylic acids is 2. The van der Waals surface area contributed by atoms with E-state index in [1.54, 1.807) is 0 Å². The molecule has 0 aromatic carbocycles. The van der Waals surface area contributed by atoms with Crippen LogP contribution in [0.25, 0.3) is 0 Å². The summed E-state index contributed by atoms with van der Waals surface area (Å²) in [6, 6.07) is -0.703. The van der Waals surface area contributed by atoms with Gasteiger partial charge in [-0.05, 0) is 24.7 Å². The molecule has 0 aromatic heterocycles. The number of carboxylic acids is 2. The highest BCUT2D eigenvalue weighted by atomic mass is 19.4. The van der Waals surface area contributed by atoms with E-state index in [1.807, 2.05) is 0 Å². The summed E-state index contributed by atoms with van der Waals surface area (Å²) in [5, 5.41) is 35.0. The van der Waals surface area contributed by atoms with Crippen LogP contribution in [0.2, 0.25) is 0 Å². The van der Waals surface area contributed by atoms with Crippen LogP contribution in [0.1, 0.15) is 77.0 Å². The lowest BCUT2D eigenvalue weighted by molar-refractivity contribution is -0.193. The maximum absolute atomic E-state index is 10.6. The minimum absolute atomic E-state index is 0.351. The maximum atomic E-state index is 10.6. The molecule has 14 heteroatoms. The highest BCUT2D eigenvalue weighted by Gasteiger charge is 2.39. The van der Waals surface area contributed by atoms with Gasteiger partial charge in [0.25, 0.3) is 0 Å². The van der Waals surface area contributed by atoms with Crippen molar-refractivity contribution in [1.29, 1.82) is 0 Å². The second kappa shape index (κ2) is 16.3. The minimum atomic E-state index is -5.08. The van der Waals surface area contributed by atoms with Gasteiger partial charge in [-0.2, -0.15) is 26.3 Å². The van der Waals surface area contributed by atoms with Crippen LogP contribution in [0, 0.1) is 11.8 Å². The summed E-state index contributed by atoms with van der Waals surface area (Å²) in [7, 11) is 0. The SMILES string of the molecule is N[C@@H](CC1CCCCC1)[C@H](O)[C@@H](O)[C@@H](N)CC1CCCCC1.O=C(O)C(F)(F)F.O=C(O)C(F)(F)F. The van der Waals surface area contributed by atoms with Gasteiger partial charge in [-0.15, -0.1) is 0 Å². The summed E-state index contributed by atoms with van der Waals surface area (Å²) in [5.74, 6) is -4.29. The molecule has 2 rings (SSSR count). The third kappa shape index (κ3) is 14.8. The molecule has 0 aliphatic heterocycles. The van der Waals surface area contributed by atoms with E-state index < -0.39 is 36.5 Å². The van der Waals surface area contributed by atoms with Crippen molar-refractivity contribution in [2.75, 3.05) is 0 Å². The Hall–Kier alpha value is -1.64. The van der Waals surface area contributed by atoms with Gasteiger partial charge in [-0.3, -0.25) is 0 Å². The summed E-state index contributed by atoms with van der Waals surface area (Å²) in [6.45, 7) is 0. The third-order valence-electron chi connectivity index (χ3n) is 6.37. The Balaban J connectivity index is 0.000000720. The fourth-order valence-corrected chi connectivity index (χ4v) is 4.40. The Kier molecular flexibility index (Phi) is 15.5. The Morgan fingerprint density at radius 2 is 0.861 bits per heavy atom. The van der Waals surface area contributed by atoms with Crippen molar-refractivity contribution in [3.8, 4) is 0 Å². The summed E-state index contributed by atoms with van der Waals surface area (Å²) in [6.07, 6.45) is 2.28. The number of rotatable bonds is 7. The van der Waals surface area contributed by atoms with Gasteiger partial charge in [-0.25, -0.2) is 9.59 Å².